The van der Waals surface area contributed by atoms with Gasteiger partial charge in [0.05, 0.1) is 33.5 Å². The third kappa shape index (κ3) is 5.21. The summed E-state index contributed by atoms with van der Waals surface area (Å²) in [5.41, 5.74) is 9.57. The van der Waals surface area contributed by atoms with E-state index in [2.05, 4.69) is 4.74 Å². The summed E-state index contributed by atoms with van der Waals surface area (Å²) in [6, 6.07) is 11.0. The summed E-state index contributed by atoms with van der Waals surface area (Å²) in [6.45, 7) is 3.09. The number of ether oxygens (including phenoxy) is 4. The smallest absolute Gasteiger partial charge is 0.322 e. The first-order chi connectivity index (χ1) is 13.0. The fraction of sp³-hybridized carbons (Fsp3) is 0.381. The molecule has 0 saturated heterocycles. The molecule has 2 rings (SSSR count). The van der Waals surface area contributed by atoms with Gasteiger partial charge in [-0.1, -0.05) is 24.3 Å². The van der Waals surface area contributed by atoms with E-state index >= 15 is 0 Å². The average Bonchev–Trinajstić information content (AvgIpc) is 2.71. The summed E-state index contributed by atoms with van der Waals surface area (Å²) in [5.74, 6) is 0.999. The Bertz CT molecular complexity index is 733. The molecule has 6 heteroatoms. The molecule has 0 heterocycles. The van der Waals surface area contributed by atoms with Crippen molar-refractivity contribution in [1.82, 2.24) is 0 Å². The molecular weight excluding hydrogens is 346 g/mol. The summed E-state index contributed by atoms with van der Waals surface area (Å²) in [5, 5.41) is 0. The Morgan fingerprint density at radius 1 is 1.00 bits per heavy atom. The topological polar surface area (TPSA) is 80.0 Å². The van der Waals surface area contributed by atoms with Gasteiger partial charge < -0.3 is 24.7 Å². The first-order valence-electron chi connectivity index (χ1n) is 8.79. The molecule has 2 aromatic rings. The second kappa shape index (κ2) is 9.94. The second-order valence-corrected chi connectivity index (χ2v) is 6.04. The zero-order chi connectivity index (χ0) is 19.8. The van der Waals surface area contributed by atoms with Crippen molar-refractivity contribution in [1.29, 1.82) is 0 Å². The molecule has 0 aromatic heterocycles. The van der Waals surface area contributed by atoms with Crippen molar-refractivity contribution in [2.75, 3.05) is 27.9 Å². The summed E-state index contributed by atoms with van der Waals surface area (Å²) in [4.78, 5) is 11.5. The van der Waals surface area contributed by atoms with E-state index in [4.69, 9.17) is 19.9 Å². The van der Waals surface area contributed by atoms with Gasteiger partial charge in [0.15, 0.2) is 0 Å². The molecule has 0 bridgehead atoms. The zero-order valence-corrected chi connectivity index (χ0v) is 16.3. The standard InChI is InChI=1S/C21H27NO5/c1-5-27-13-15-11-18(24-2)20(19(12-15)25-3)16-8-6-14(7-9-16)10-17(22)21(23)26-4/h6-9,11-12,17H,5,10,13,22H2,1-4H3/t17-/m0/s1. The quantitative estimate of drug-likeness (QED) is 0.681. The Labute approximate surface area is 160 Å². The van der Waals surface area contributed by atoms with E-state index < -0.39 is 12.0 Å². The fourth-order valence-electron chi connectivity index (χ4n) is 2.85. The summed E-state index contributed by atoms with van der Waals surface area (Å²) in [7, 11) is 4.60. The van der Waals surface area contributed by atoms with Crippen LogP contribution in [0.4, 0.5) is 0 Å². The number of methoxy groups -OCH3 is 3. The number of carbonyl (C=O) groups is 1. The van der Waals surface area contributed by atoms with Crippen LogP contribution in [0.3, 0.4) is 0 Å². The lowest BCUT2D eigenvalue weighted by Gasteiger charge is -2.16. The number of rotatable bonds is 9. The normalized spacial score (nSPS) is 11.7. The molecule has 0 aliphatic carbocycles. The van der Waals surface area contributed by atoms with Gasteiger partial charge in [-0.3, -0.25) is 4.79 Å². The van der Waals surface area contributed by atoms with Crippen LogP contribution >= 0.6 is 0 Å². The monoisotopic (exact) mass is 373 g/mol. The van der Waals surface area contributed by atoms with Gasteiger partial charge in [-0.05, 0) is 42.2 Å². The molecule has 0 aliphatic rings. The Kier molecular flexibility index (Phi) is 7.64. The Hall–Kier alpha value is -2.57. The van der Waals surface area contributed by atoms with Crippen molar-refractivity contribution in [2.24, 2.45) is 5.73 Å². The summed E-state index contributed by atoms with van der Waals surface area (Å²) >= 11 is 0. The molecule has 2 aromatic carbocycles. The predicted molar refractivity (Wildman–Crippen MR) is 104 cm³/mol. The van der Waals surface area contributed by atoms with Crippen molar-refractivity contribution < 1.29 is 23.7 Å². The van der Waals surface area contributed by atoms with Crippen molar-refractivity contribution >= 4 is 5.97 Å². The number of esters is 1. The van der Waals surface area contributed by atoms with E-state index in [1.54, 1.807) is 14.2 Å². The summed E-state index contributed by atoms with van der Waals surface area (Å²) < 4.78 is 21.3. The Morgan fingerprint density at radius 2 is 1.59 bits per heavy atom. The molecule has 1 atom stereocenters. The van der Waals surface area contributed by atoms with Crippen LogP contribution in [0.2, 0.25) is 0 Å². The molecule has 0 saturated carbocycles. The highest BCUT2D eigenvalue weighted by Gasteiger charge is 2.17. The van der Waals surface area contributed by atoms with Crippen LogP contribution in [0, 0.1) is 0 Å². The highest BCUT2D eigenvalue weighted by molar-refractivity contribution is 5.78. The van der Waals surface area contributed by atoms with Crippen molar-refractivity contribution in [3.05, 3.63) is 47.5 Å². The number of hydrogen-bond acceptors (Lipinski definition) is 6. The largest absolute Gasteiger partial charge is 0.496 e. The highest BCUT2D eigenvalue weighted by atomic mass is 16.5. The maximum atomic E-state index is 11.5. The molecular formula is C21H27NO5. The van der Waals surface area contributed by atoms with Gasteiger partial charge in [-0.25, -0.2) is 0 Å². The molecule has 146 valence electrons. The molecule has 0 aliphatic heterocycles. The molecule has 0 spiro atoms. The first-order valence-corrected chi connectivity index (χ1v) is 8.79. The Morgan fingerprint density at radius 3 is 2.07 bits per heavy atom. The van der Waals surface area contributed by atoms with Crippen LogP contribution in [0.25, 0.3) is 11.1 Å². The summed E-state index contributed by atoms with van der Waals surface area (Å²) in [6.07, 6.45) is 0.411. The first kappa shape index (κ1) is 20.7. The van der Waals surface area contributed by atoms with E-state index in [0.717, 1.165) is 22.3 Å². The van der Waals surface area contributed by atoms with Gasteiger partial charge in [0, 0.05) is 6.61 Å². The molecule has 0 fully saturated rings. The average molecular weight is 373 g/mol. The van der Waals surface area contributed by atoms with Crippen LogP contribution in [-0.4, -0.2) is 39.9 Å². The maximum absolute atomic E-state index is 11.5. The van der Waals surface area contributed by atoms with E-state index in [9.17, 15) is 4.79 Å². The molecule has 0 radical (unpaired) electrons. The van der Waals surface area contributed by atoms with Gasteiger partial charge in [0.25, 0.3) is 0 Å². The van der Waals surface area contributed by atoms with Gasteiger partial charge in [-0.2, -0.15) is 0 Å². The molecule has 0 unspecified atom stereocenters. The number of carbonyl (C=O) groups excluding carboxylic acids is 1. The van der Waals surface area contributed by atoms with E-state index in [0.29, 0.717) is 31.1 Å². The van der Waals surface area contributed by atoms with Gasteiger partial charge in [0.1, 0.15) is 17.5 Å². The minimum Gasteiger partial charge on any atom is -0.496 e. The van der Waals surface area contributed by atoms with Crippen LogP contribution in [0.5, 0.6) is 11.5 Å². The van der Waals surface area contributed by atoms with Gasteiger partial charge >= 0.3 is 5.97 Å². The predicted octanol–water partition coefficient (Wildman–Crippen LogP) is 2.95. The van der Waals surface area contributed by atoms with Crippen LogP contribution in [-0.2, 0) is 27.3 Å². The molecule has 27 heavy (non-hydrogen) atoms. The molecule has 6 nitrogen and oxygen atoms in total. The highest BCUT2D eigenvalue weighted by Crippen LogP contribution is 2.39. The van der Waals surface area contributed by atoms with E-state index in [1.807, 2.05) is 43.3 Å². The van der Waals surface area contributed by atoms with Gasteiger partial charge in [-0.15, -0.1) is 0 Å². The van der Waals surface area contributed by atoms with Gasteiger partial charge in [0.2, 0.25) is 0 Å². The zero-order valence-electron chi connectivity index (χ0n) is 16.3. The SMILES string of the molecule is CCOCc1cc(OC)c(-c2ccc(C[C@H](N)C(=O)OC)cc2)c(OC)c1. The van der Waals surface area contributed by atoms with Crippen LogP contribution in [0.1, 0.15) is 18.1 Å². The van der Waals surface area contributed by atoms with Crippen molar-refractivity contribution in [3.63, 3.8) is 0 Å². The number of benzene rings is 2. The van der Waals surface area contributed by atoms with Crippen LogP contribution < -0.4 is 15.2 Å². The second-order valence-electron chi connectivity index (χ2n) is 6.04. The number of hydrogen-bond donors (Lipinski definition) is 1. The fourth-order valence-corrected chi connectivity index (χ4v) is 2.85. The lowest BCUT2D eigenvalue weighted by molar-refractivity contribution is -0.142. The molecule has 2 N–H and O–H groups in total. The lowest BCUT2D eigenvalue weighted by Crippen LogP contribution is -2.33. The lowest BCUT2D eigenvalue weighted by atomic mass is 9.98. The minimum atomic E-state index is -0.678. The van der Waals surface area contributed by atoms with E-state index in [-0.39, 0.29) is 0 Å². The molecule has 0 amide bonds. The van der Waals surface area contributed by atoms with Crippen LogP contribution in [0.15, 0.2) is 36.4 Å². The minimum absolute atomic E-state index is 0.411. The van der Waals surface area contributed by atoms with Crippen molar-refractivity contribution in [2.45, 2.75) is 26.0 Å². The maximum Gasteiger partial charge on any atom is 0.322 e. The third-order valence-corrected chi connectivity index (χ3v) is 4.24. The Balaban J connectivity index is 2.32. The third-order valence-electron chi connectivity index (χ3n) is 4.24. The van der Waals surface area contributed by atoms with E-state index in [1.165, 1.54) is 7.11 Å². The number of nitrogens with two attached hydrogens (primary N) is 1. The van der Waals surface area contributed by atoms with Crippen molar-refractivity contribution in [3.8, 4) is 22.6 Å².